The fourth-order valence-electron chi connectivity index (χ4n) is 2.15. The Balaban J connectivity index is 2.11. The van der Waals surface area contributed by atoms with Crippen LogP contribution < -0.4 is 5.73 Å². The number of fused-ring (bicyclic) bond motifs is 1. The van der Waals surface area contributed by atoms with E-state index in [1.807, 2.05) is 0 Å². The van der Waals surface area contributed by atoms with Gasteiger partial charge in [-0.3, -0.25) is 0 Å². The molecule has 20 heavy (non-hydrogen) atoms. The first kappa shape index (κ1) is 12.6. The molecule has 0 amide bonds. The van der Waals surface area contributed by atoms with Gasteiger partial charge in [0.15, 0.2) is 11.5 Å². The zero-order valence-corrected chi connectivity index (χ0v) is 11.8. The molecule has 2 heterocycles. The highest BCUT2D eigenvalue weighted by Crippen LogP contribution is 2.25. The molecule has 0 aliphatic carbocycles. The Kier molecular flexibility index (Phi) is 2.71. The maximum atomic E-state index is 5.65. The molecule has 3 aromatic rings. The van der Waals surface area contributed by atoms with E-state index in [1.165, 1.54) is 5.56 Å². The largest absolute Gasteiger partial charge is 0.366 e. The second-order valence-electron chi connectivity index (χ2n) is 5.84. The van der Waals surface area contributed by atoms with Crippen molar-refractivity contribution in [3.8, 4) is 11.4 Å². The van der Waals surface area contributed by atoms with Crippen LogP contribution in [0.4, 0.5) is 5.95 Å². The van der Waals surface area contributed by atoms with Crippen LogP contribution in [0.2, 0.25) is 0 Å². The monoisotopic (exact) mass is 267 g/mol. The molecule has 2 N–H and O–H groups in total. The van der Waals surface area contributed by atoms with Gasteiger partial charge < -0.3 is 5.73 Å². The van der Waals surface area contributed by atoms with Gasteiger partial charge in [0.1, 0.15) is 0 Å². The highest BCUT2D eigenvalue weighted by Gasteiger charge is 2.14. The van der Waals surface area contributed by atoms with Gasteiger partial charge in [0.2, 0.25) is 5.95 Å². The van der Waals surface area contributed by atoms with Gasteiger partial charge in [0, 0.05) is 17.8 Å². The van der Waals surface area contributed by atoms with E-state index in [0.717, 1.165) is 11.4 Å². The van der Waals surface area contributed by atoms with Crippen molar-refractivity contribution in [2.75, 3.05) is 5.73 Å². The minimum atomic E-state index is 0.135. The molecule has 0 bridgehead atoms. The number of anilines is 1. The van der Waals surface area contributed by atoms with E-state index < -0.39 is 0 Å². The molecule has 1 aromatic carbocycles. The van der Waals surface area contributed by atoms with Crippen LogP contribution in [-0.4, -0.2) is 19.6 Å². The van der Waals surface area contributed by atoms with Gasteiger partial charge in [-0.15, -0.1) is 5.10 Å². The van der Waals surface area contributed by atoms with E-state index in [-0.39, 0.29) is 11.4 Å². The zero-order valence-electron chi connectivity index (χ0n) is 11.8. The molecule has 0 spiro atoms. The number of nitrogens with two attached hydrogens (primary N) is 1. The highest BCUT2D eigenvalue weighted by atomic mass is 15.3. The predicted octanol–water partition coefficient (Wildman–Crippen LogP) is 2.67. The Hall–Kier alpha value is -2.43. The van der Waals surface area contributed by atoms with Crippen LogP contribution in [0, 0.1) is 0 Å². The van der Waals surface area contributed by atoms with Gasteiger partial charge in [-0.1, -0.05) is 45.0 Å². The van der Waals surface area contributed by atoms with Gasteiger partial charge in [-0.25, -0.2) is 4.98 Å². The van der Waals surface area contributed by atoms with Crippen molar-refractivity contribution in [1.29, 1.82) is 0 Å². The Morgan fingerprint density at radius 2 is 1.75 bits per heavy atom. The molecule has 0 radical (unpaired) electrons. The molecule has 0 saturated carbocycles. The van der Waals surface area contributed by atoms with Crippen LogP contribution >= 0.6 is 0 Å². The van der Waals surface area contributed by atoms with E-state index in [4.69, 9.17) is 5.73 Å². The first-order valence-electron chi connectivity index (χ1n) is 6.53. The third-order valence-electron chi connectivity index (χ3n) is 3.28. The molecule has 0 atom stereocenters. The second kappa shape index (κ2) is 4.30. The lowest BCUT2D eigenvalue weighted by molar-refractivity contribution is 0.590. The predicted molar refractivity (Wildman–Crippen MR) is 79.3 cm³/mol. The van der Waals surface area contributed by atoms with E-state index in [9.17, 15) is 0 Å². The molecule has 0 saturated heterocycles. The molecule has 102 valence electrons. The summed E-state index contributed by atoms with van der Waals surface area (Å²) in [7, 11) is 0. The Morgan fingerprint density at radius 3 is 2.40 bits per heavy atom. The number of hydrogen-bond donors (Lipinski definition) is 1. The van der Waals surface area contributed by atoms with Crippen LogP contribution in [0.25, 0.3) is 17.0 Å². The Bertz CT molecular complexity index is 750. The molecule has 2 aromatic heterocycles. The van der Waals surface area contributed by atoms with Crippen molar-refractivity contribution in [3.63, 3.8) is 0 Å². The summed E-state index contributed by atoms with van der Waals surface area (Å²) in [5, 5.41) is 4.18. The fraction of sp³-hybridized carbons (Fsp3) is 0.267. The number of benzene rings is 1. The van der Waals surface area contributed by atoms with Gasteiger partial charge in [0.05, 0.1) is 0 Å². The summed E-state index contributed by atoms with van der Waals surface area (Å²) in [5.41, 5.74) is 8.76. The summed E-state index contributed by atoms with van der Waals surface area (Å²) < 4.78 is 1.67. The third kappa shape index (κ3) is 2.11. The van der Waals surface area contributed by atoms with Gasteiger partial charge >= 0.3 is 0 Å². The summed E-state index contributed by atoms with van der Waals surface area (Å²) in [6.45, 7) is 6.58. The van der Waals surface area contributed by atoms with Crippen molar-refractivity contribution >= 4 is 11.6 Å². The lowest BCUT2D eigenvalue weighted by atomic mass is 9.87. The normalized spacial score (nSPS) is 11.9. The first-order chi connectivity index (χ1) is 9.45. The summed E-state index contributed by atoms with van der Waals surface area (Å²) in [4.78, 5) is 8.53. The molecule has 5 heteroatoms. The van der Waals surface area contributed by atoms with Crippen molar-refractivity contribution in [2.24, 2.45) is 0 Å². The average molecular weight is 267 g/mol. The summed E-state index contributed by atoms with van der Waals surface area (Å²) in [5.74, 6) is 0.998. The van der Waals surface area contributed by atoms with Crippen LogP contribution in [0.3, 0.4) is 0 Å². The van der Waals surface area contributed by atoms with Crippen molar-refractivity contribution in [1.82, 2.24) is 19.6 Å². The van der Waals surface area contributed by atoms with E-state index >= 15 is 0 Å². The Labute approximate surface area is 117 Å². The SMILES string of the molecule is CC(C)(C)c1ccc(-c2nccc3nc(N)nn23)cc1. The van der Waals surface area contributed by atoms with E-state index in [0.29, 0.717) is 5.65 Å². The Morgan fingerprint density at radius 1 is 1.05 bits per heavy atom. The third-order valence-corrected chi connectivity index (χ3v) is 3.28. The molecule has 0 aliphatic heterocycles. The maximum Gasteiger partial charge on any atom is 0.240 e. The summed E-state index contributed by atoms with van der Waals surface area (Å²) >= 11 is 0. The summed E-state index contributed by atoms with van der Waals surface area (Å²) in [6.07, 6.45) is 1.72. The van der Waals surface area contributed by atoms with Crippen LogP contribution in [0.15, 0.2) is 36.5 Å². The minimum absolute atomic E-state index is 0.135. The topological polar surface area (TPSA) is 69.1 Å². The number of nitrogen functional groups attached to an aromatic ring is 1. The number of rotatable bonds is 1. The molecular weight excluding hydrogens is 250 g/mol. The molecule has 0 aliphatic rings. The molecular formula is C15H17N5. The quantitative estimate of drug-likeness (QED) is 0.736. The molecule has 5 nitrogen and oxygen atoms in total. The first-order valence-corrected chi connectivity index (χ1v) is 6.53. The number of nitrogens with zero attached hydrogens (tertiary/aromatic N) is 4. The minimum Gasteiger partial charge on any atom is -0.366 e. The number of hydrogen-bond acceptors (Lipinski definition) is 4. The number of aromatic nitrogens is 4. The van der Waals surface area contributed by atoms with Crippen LogP contribution in [-0.2, 0) is 5.41 Å². The average Bonchev–Trinajstić information content (AvgIpc) is 2.78. The van der Waals surface area contributed by atoms with Crippen molar-refractivity contribution < 1.29 is 0 Å². The van der Waals surface area contributed by atoms with Crippen molar-refractivity contribution in [3.05, 3.63) is 42.1 Å². The molecule has 0 unspecified atom stereocenters. The zero-order chi connectivity index (χ0) is 14.3. The lowest BCUT2D eigenvalue weighted by Crippen LogP contribution is -2.10. The molecule has 3 rings (SSSR count). The summed E-state index contributed by atoms with van der Waals surface area (Å²) in [6, 6.07) is 10.1. The van der Waals surface area contributed by atoms with Gasteiger partial charge in [-0.2, -0.15) is 9.50 Å². The van der Waals surface area contributed by atoms with Crippen molar-refractivity contribution in [2.45, 2.75) is 26.2 Å². The smallest absolute Gasteiger partial charge is 0.240 e. The molecule has 0 fully saturated rings. The maximum absolute atomic E-state index is 5.65. The second-order valence-corrected chi connectivity index (χ2v) is 5.84. The van der Waals surface area contributed by atoms with Gasteiger partial charge in [-0.05, 0) is 11.0 Å². The van der Waals surface area contributed by atoms with E-state index in [1.54, 1.807) is 16.8 Å². The standard InChI is InChI=1S/C15H17N5/c1-15(2,3)11-6-4-10(5-7-11)13-17-9-8-12-18-14(16)19-20(12)13/h4-9H,1-3H3,(H2,16,19). The van der Waals surface area contributed by atoms with E-state index in [2.05, 4.69) is 60.1 Å². The highest BCUT2D eigenvalue weighted by molar-refractivity contribution is 5.60. The van der Waals surface area contributed by atoms with Crippen LogP contribution in [0.5, 0.6) is 0 Å². The van der Waals surface area contributed by atoms with Gasteiger partial charge in [0.25, 0.3) is 0 Å². The van der Waals surface area contributed by atoms with Crippen LogP contribution in [0.1, 0.15) is 26.3 Å². The fourth-order valence-corrected chi connectivity index (χ4v) is 2.15. The lowest BCUT2D eigenvalue weighted by Gasteiger charge is -2.19.